The Hall–Kier alpha value is -1.32. The summed E-state index contributed by atoms with van der Waals surface area (Å²) in [5, 5.41) is 4.49. The van der Waals surface area contributed by atoms with Gasteiger partial charge in [0.25, 0.3) is 0 Å². The molecular formula is C15H17Cl2N3. The standard InChI is InChI=1S/C15H17Cl2N3/c1-9(2)15-19-13(17)8-14(20-15)18-10(3)11-6-4-5-7-12(11)16/h4-10H,1-3H3,(H,18,19,20). The SMILES string of the molecule is CC(C)c1nc(Cl)cc(NC(C)c2ccccc2Cl)n1. The van der Waals surface area contributed by atoms with Gasteiger partial charge in [0.15, 0.2) is 0 Å². The summed E-state index contributed by atoms with van der Waals surface area (Å²) < 4.78 is 0. The van der Waals surface area contributed by atoms with Crippen molar-refractivity contribution in [1.29, 1.82) is 0 Å². The second-order valence-corrected chi connectivity index (χ2v) is 5.77. The molecular weight excluding hydrogens is 293 g/mol. The Morgan fingerprint density at radius 1 is 1.05 bits per heavy atom. The number of hydrogen-bond acceptors (Lipinski definition) is 3. The quantitative estimate of drug-likeness (QED) is 0.800. The van der Waals surface area contributed by atoms with Crippen LogP contribution in [0.15, 0.2) is 30.3 Å². The van der Waals surface area contributed by atoms with Gasteiger partial charge in [-0.15, -0.1) is 0 Å². The van der Waals surface area contributed by atoms with E-state index in [1.807, 2.05) is 45.0 Å². The van der Waals surface area contributed by atoms with Crippen molar-refractivity contribution in [2.75, 3.05) is 5.32 Å². The first-order valence-electron chi connectivity index (χ1n) is 6.53. The molecule has 20 heavy (non-hydrogen) atoms. The highest BCUT2D eigenvalue weighted by atomic mass is 35.5. The summed E-state index contributed by atoms with van der Waals surface area (Å²) in [7, 11) is 0. The monoisotopic (exact) mass is 309 g/mol. The van der Waals surface area contributed by atoms with Gasteiger partial charge in [-0.25, -0.2) is 9.97 Å². The zero-order chi connectivity index (χ0) is 14.7. The Kier molecular flexibility index (Phi) is 4.84. The highest BCUT2D eigenvalue weighted by Gasteiger charge is 2.12. The minimum Gasteiger partial charge on any atom is -0.363 e. The lowest BCUT2D eigenvalue weighted by Crippen LogP contribution is -2.10. The maximum Gasteiger partial charge on any atom is 0.135 e. The van der Waals surface area contributed by atoms with Crippen molar-refractivity contribution < 1.29 is 0 Å². The third kappa shape index (κ3) is 3.62. The molecule has 0 amide bonds. The van der Waals surface area contributed by atoms with Crippen molar-refractivity contribution in [3.63, 3.8) is 0 Å². The van der Waals surface area contributed by atoms with Gasteiger partial charge in [0.1, 0.15) is 16.8 Å². The molecule has 0 radical (unpaired) electrons. The van der Waals surface area contributed by atoms with Crippen LogP contribution < -0.4 is 5.32 Å². The molecule has 3 nitrogen and oxygen atoms in total. The minimum absolute atomic E-state index is 0.0367. The van der Waals surface area contributed by atoms with Gasteiger partial charge in [-0.05, 0) is 18.6 Å². The van der Waals surface area contributed by atoms with Crippen molar-refractivity contribution in [3.05, 3.63) is 51.9 Å². The van der Waals surface area contributed by atoms with Gasteiger partial charge in [-0.2, -0.15) is 0 Å². The molecule has 1 aromatic heterocycles. The Balaban J connectivity index is 2.24. The smallest absolute Gasteiger partial charge is 0.135 e. The Morgan fingerprint density at radius 2 is 1.75 bits per heavy atom. The lowest BCUT2D eigenvalue weighted by Gasteiger charge is -2.17. The molecule has 1 aromatic carbocycles. The minimum atomic E-state index is 0.0367. The first-order chi connectivity index (χ1) is 9.47. The molecule has 1 atom stereocenters. The average molecular weight is 310 g/mol. The number of nitrogens with one attached hydrogen (secondary N) is 1. The van der Waals surface area contributed by atoms with Crippen LogP contribution in [0.1, 0.15) is 44.1 Å². The summed E-state index contributed by atoms with van der Waals surface area (Å²) in [6.07, 6.45) is 0. The second kappa shape index (κ2) is 6.42. The van der Waals surface area contributed by atoms with E-state index in [4.69, 9.17) is 23.2 Å². The molecule has 0 aliphatic carbocycles. The molecule has 0 saturated carbocycles. The van der Waals surface area contributed by atoms with Gasteiger partial charge >= 0.3 is 0 Å². The maximum absolute atomic E-state index is 6.20. The number of benzene rings is 1. The van der Waals surface area contributed by atoms with Crippen molar-refractivity contribution in [1.82, 2.24) is 9.97 Å². The van der Waals surface area contributed by atoms with Gasteiger partial charge in [0.05, 0.1) is 6.04 Å². The fourth-order valence-electron chi connectivity index (χ4n) is 1.89. The number of nitrogens with zero attached hydrogens (tertiary/aromatic N) is 2. The number of hydrogen-bond donors (Lipinski definition) is 1. The number of anilines is 1. The van der Waals surface area contributed by atoms with Crippen molar-refractivity contribution in [2.45, 2.75) is 32.7 Å². The second-order valence-electron chi connectivity index (χ2n) is 4.98. The van der Waals surface area contributed by atoms with E-state index in [0.29, 0.717) is 11.0 Å². The summed E-state index contributed by atoms with van der Waals surface area (Å²) in [6, 6.07) is 9.51. The Morgan fingerprint density at radius 3 is 2.40 bits per heavy atom. The molecule has 0 spiro atoms. The zero-order valence-corrected chi connectivity index (χ0v) is 13.2. The van der Waals surface area contributed by atoms with Gasteiger partial charge < -0.3 is 5.32 Å². The third-order valence-corrected chi connectivity index (χ3v) is 3.50. The predicted octanol–water partition coefficient (Wildman–Crippen LogP) is 5.08. The summed E-state index contributed by atoms with van der Waals surface area (Å²) in [6.45, 7) is 6.10. The highest BCUT2D eigenvalue weighted by molar-refractivity contribution is 6.31. The molecule has 0 fully saturated rings. The number of halogens is 2. The molecule has 5 heteroatoms. The molecule has 0 bridgehead atoms. The lowest BCUT2D eigenvalue weighted by atomic mass is 10.1. The third-order valence-electron chi connectivity index (χ3n) is 2.96. The van der Waals surface area contributed by atoms with E-state index in [1.54, 1.807) is 6.07 Å². The van der Waals surface area contributed by atoms with E-state index in [0.717, 1.165) is 16.4 Å². The van der Waals surface area contributed by atoms with E-state index in [-0.39, 0.29) is 12.0 Å². The van der Waals surface area contributed by atoms with Crippen LogP contribution in [0.3, 0.4) is 0 Å². The molecule has 1 heterocycles. The molecule has 1 unspecified atom stereocenters. The van der Waals surface area contributed by atoms with Gasteiger partial charge in [-0.1, -0.05) is 55.2 Å². The molecule has 0 aliphatic heterocycles. The normalized spacial score (nSPS) is 12.5. The van der Waals surface area contributed by atoms with Crippen molar-refractivity contribution >= 4 is 29.0 Å². The molecule has 1 N–H and O–H groups in total. The lowest BCUT2D eigenvalue weighted by molar-refractivity contribution is 0.768. The maximum atomic E-state index is 6.20. The van der Waals surface area contributed by atoms with Gasteiger partial charge in [0.2, 0.25) is 0 Å². The van der Waals surface area contributed by atoms with Crippen LogP contribution in [-0.2, 0) is 0 Å². The van der Waals surface area contributed by atoms with E-state index >= 15 is 0 Å². The van der Waals surface area contributed by atoms with Crippen LogP contribution in [0.4, 0.5) is 5.82 Å². The van der Waals surface area contributed by atoms with Crippen LogP contribution in [0.5, 0.6) is 0 Å². The van der Waals surface area contributed by atoms with Crippen molar-refractivity contribution in [3.8, 4) is 0 Å². The molecule has 2 aromatic rings. The molecule has 0 aliphatic rings. The molecule has 106 valence electrons. The average Bonchev–Trinajstić information content (AvgIpc) is 2.38. The number of aromatic nitrogens is 2. The topological polar surface area (TPSA) is 37.8 Å². The van der Waals surface area contributed by atoms with Gasteiger partial charge in [0, 0.05) is 17.0 Å². The van der Waals surface area contributed by atoms with E-state index in [2.05, 4.69) is 15.3 Å². The predicted molar refractivity (Wildman–Crippen MR) is 84.6 cm³/mol. The van der Waals surface area contributed by atoms with Crippen LogP contribution in [0, 0.1) is 0 Å². The fourth-order valence-corrected chi connectivity index (χ4v) is 2.38. The summed E-state index contributed by atoms with van der Waals surface area (Å²) >= 11 is 12.2. The fraction of sp³-hybridized carbons (Fsp3) is 0.333. The van der Waals surface area contributed by atoms with Crippen LogP contribution in [-0.4, -0.2) is 9.97 Å². The Bertz CT molecular complexity index is 599. The Labute approximate surface area is 129 Å². The van der Waals surface area contributed by atoms with Crippen molar-refractivity contribution in [2.24, 2.45) is 0 Å². The zero-order valence-electron chi connectivity index (χ0n) is 11.7. The summed E-state index contributed by atoms with van der Waals surface area (Å²) in [5.74, 6) is 1.66. The van der Waals surface area contributed by atoms with Crippen LogP contribution >= 0.6 is 23.2 Å². The van der Waals surface area contributed by atoms with E-state index in [9.17, 15) is 0 Å². The first kappa shape index (κ1) is 15.1. The molecule has 0 saturated heterocycles. The first-order valence-corrected chi connectivity index (χ1v) is 7.28. The van der Waals surface area contributed by atoms with E-state index < -0.39 is 0 Å². The number of rotatable bonds is 4. The summed E-state index contributed by atoms with van der Waals surface area (Å²) in [4.78, 5) is 8.70. The van der Waals surface area contributed by atoms with Crippen LogP contribution in [0.2, 0.25) is 10.2 Å². The molecule has 2 rings (SSSR count). The summed E-state index contributed by atoms with van der Waals surface area (Å²) in [5.41, 5.74) is 1.02. The highest BCUT2D eigenvalue weighted by Crippen LogP contribution is 2.26. The van der Waals surface area contributed by atoms with Gasteiger partial charge in [-0.3, -0.25) is 0 Å². The van der Waals surface area contributed by atoms with Crippen LogP contribution in [0.25, 0.3) is 0 Å². The van der Waals surface area contributed by atoms with E-state index in [1.165, 1.54) is 0 Å². The largest absolute Gasteiger partial charge is 0.363 e.